The van der Waals surface area contributed by atoms with Gasteiger partial charge in [-0.1, -0.05) is 34.1 Å². The van der Waals surface area contributed by atoms with Crippen LogP contribution in [0.25, 0.3) is 0 Å². The average molecular weight is 331 g/mol. The zero-order valence-corrected chi connectivity index (χ0v) is 15.5. The van der Waals surface area contributed by atoms with Crippen molar-refractivity contribution in [1.29, 1.82) is 0 Å². The van der Waals surface area contributed by atoms with Crippen molar-refractivity contribution >= 4 is 0 Å². The van der Waals surface area contributed by atoms with Gasteiger partial charge >= 0.3 is 0 Å². The van der Waals surface area contributed by atoms with E-state index in [0.29, 0.717) is 11.8 Å². The molecule has 0 radical (unpaired) electrons. The Morgan fingerprint density at radius 1 is 1.12 bits per heavy atom. The summed E-state index contributed by atoms with van der Waals surface area (Å²) >= 11 is 0. The lowest BCUT2D eigenvalue weighted by atomic mass is 10.0. The summed E-state index contributed by atoms with van der Waals surface area (Å²) in [5, 5.41) is 16.3. The first-order chi connectivity index (χ1) is 11.5. The lowest BCUT2D eigenvalue weighted by Gasteiger charge is -2.33. The van der Waals surface area contributed by atoms with E-state index in [0.717, 1.165) is 42.8 Å². The molecule has 1 fully saturated rings. The van der Waals surface area contributed by atoms with Crippen molar-refractivity contribution in [3.8, 4) is 0 Å². The Labute approximate surface area is 143 Å². The van der Waals surface area contributed by atoms with Crippen molar-refractivity contribution in [2.75, 3.05) is 6.54 Å². The maximum Gasteiger partial charge on any atom is 0.153 e. The van der Waals surface area contributed by atoms with E-state index in [2.05, 4.69) is 64.6 Å². The lowest BCUT2D eigenvalue weighted by molar-refractivity contribution is 0.129. The summed E-state index contributed by atoms with van der Waals surface area (Å²) in [6.07, 6.45) is 3.56. The third-order valence-electron chi connectivity index (χ3n) is 4.83. The molecule has 3 rings (SSSR count). The molecule has 1 aliphatic rings. The molecule has 0 unspecified atom stereocenters. The summed E-state index contributed by atoms with van der Waals surface area (Å²) in [5.41, 5.74) is 0. The maximum absolute atomic E-state index is 4.73. The van der Waals surface area contributed by atoms with Crippen LogP contribution in [0.2, 0.25) is 0 Å². The SMILES string of the molecule is CC(C)c1n[nH]c([C@H]2CCCCN2Cc2nnc(C(C)C)n2C)n1. The Bertz CT molecular complexity index is 670. The largest absolute Gasteiger partial charge is 0.317 e. The summed E-state index contributed by atoms with van der Waals surface area (Å²) in [6.45, 7) is 10.4. The summed E-state index contributed by atoms with van der Waals surface area (Å²) in [5.74, 6) is 4.69. The van der Waals surface area contributed by atoms with Gasteiger partial charge in [-0.15, -0.1) is 10.2 Å². The third kappa shape index (κ3) is 3.36. The number of hydrogen-bond acceptors (Lipinski definition) is 5. The second kappa shape index (κ2) is 7.01. The Morgan fingerprint density at radius 3 is 2.54 bits per heavy atom. The number of rotatable bonds is 5. The molecule has 0 bridgehead atoms. The molecule has 2 aromatic rings. The van der Waals surface area contributed by atoms with E-state index in [1.165, 1.54) is 12.8 Å². The molecule has 2 aromatic heterocycles. The fourth-order valence-electron chi connectivity index (χ4n) is 3.38. The molecule has 1 atom stereocenters. The number of aromatic amines is 1. The summed E-state index contributed by atoms with van der Waals surface area (Å²) in [7, 11) is 2.06. The second-order valence-electron chi connectivity index (χ2n) is 7.40. The summed E-state index contributed by atoms with van der Waals surface area (Å²) < 4.78 is 2.14. The van der Waals surface area contributed by atoms with Crippen LogP contribution in [-0.4, -0.2) is 41.4 Å². The number of aromatic nitrogens is 6. The smallest absolute Gasteiger partial charge is 0.153 e. The van der Waals surface area contributed by atoms with Gasteiger partial charge in [0.15, 0.2) is 5.82 Å². The molecule has 1 N–H and O–H groups in total. The topological polar surface area (TPSA) is 75.5 Å². The fraction of sp³-hybridized carbons (Fsp3) is 0.765. The highest BCUT2D eigenvalue weighted by molar-refractivity contribution is 5.04. The number of H-pyrrole nitrogens is 1. The van der Waals surface area contributed by atoms with E-state index in [1.807, 2.05) is 0 Å². The van der Waals surface area contributed by atoms with Crippen molar-refractivity contribution in [3.05, 3.63) is 23.3 Å². The van der Waals surface area contributed by atoms with E-state index in [-0.39, 0.29) is 6.04 Å². The van der Waals surface area contributed by atoms with Gasteiger partial charge in [-0.3, -0.25) is 10.00 Å². The molecule has 1 aliphatic heterocycles. The highest BCUT2D eigenvalue weighted by Gasteiger charge is 2.28. The predicted molar refractivity (Wildman–Crippen MR) is 92.6 cm³/mol. The quantitative estimate of drug-likeness (QED) is 0.911. The van der Waals surface area contributed by atoms with Gasteiger partial charge < -0.3 is 4.57 Å². The molecule has 1 saturated heterocycles. The van der Waals surface area contributed by atoms with Gasteiger partial charge in [0.2, 0.25) is 0 Å². The van der Waals surface area contributed by atoms with E-state index in [9.17, 15) is 0 Å². The first-order valence-electron chi connectivity index (χ1n) is 9.01. The first kappa shape index (κ1) is 17.1. The Balaban J connectivity index is 1.79. The zero-order chi connectivity index (χ0) is 17.3. The minimum absolute atomic E-state index is 0.290. The van der Waals surface area contributed by atoms with Crippen LogP contribution in [-0.2, 0) is 13.6 Å². The Hall–Kier alpha value is -1.76. The fourth-order valence-corrected chi connectivity index (χ4v) is 3.38. The third-order valence-corrected chi connectivity index (χ3v) is 4.83. The highest BCUT2D eigenvalue weighted by atomic mass is 15.3. The minimum Gasteiger partial charge on any atom is -0.317 e. The molecule has 7 heteroatoms. The van der Waals surface area contributed by atoms with Gasteiger partial charge in [0.1, 0.15) is 17.5 Å². The number of likely N-dealkylation sites (tertiary alicyclic amines) is 1. The molecule has 7 nitrogen and oxygen atoms in total. The molecule has 24 heavy (non-hydrogen) atoms. The minimum atomic E-state index is 0.290. The van der Waals surface area contributed by atoms with Crippen LogP contribution in [0.4, 0.5) is 0 Å². The van der Waals surface area contributed by atoms with Crippen molar-refractivity contribution in [2.24, 2.45) is 7.05 Å². The Morgan fingerprint density at radius 2 is 1.92 bits per heavy atom. The monoisotopic (exact) mass is 331 g/mol. The van der Waals surface area contributed by atoms with Crippen LogP contribution in [0.3, 0.4) is 0 Å². The van der Waals surface area contributed by atoms with Crippen molar-refractivity contribution in [3.63, 3.8) is 0 Å². The van der Waals surface area contributed by atoms with Crippen LogP contribution in [0, 0.1) is 0 Å². The van der Waals surface area contributed by atoms with Gasteiger partial charge in [-0.2, -0.15) is 5.10 Å². The van der Waals surface area contributed by atoms with Crippen molar-refractivity contribution in [1.82, 2.24) is 34.8 Å². The van der Waals surface area contributed by atoms with Gasteiger partial charge in [0.05, 0.1) is 12.6 Å². The number of hydrogen-bond donors (Lipinski definition) is 1. The number of nitrogens with zero attached hydrogens (tertiary/aromatic N) is 6. The molecular weight excluding hydrogens is 302 g/mol. The first-order valence-corrected chi connectivity index (χ1v) is 9.01. The molecule has 0 saturated carbocycles. The molecule has 0 aliphatic carbocycles. The standard InChI is InChI=1S/C17H29N7/c1-11(2)15-18-16(21-20-15)13-8-6-7-9-24(13)10-14-19-22-17(12(3)4)23(14)5/h11-13H,6-10H2,1-5H3,(H,18,20,21)/t13-/m1/s1. The van der Waals surface area contributed by atoms with Gasteiger partial charge in [-0.25, -0.2) is 4.98 Å². The second-order valence-corrected chi connectivity index (χ2v) is 7.40. The van der Waals surface area contributed by atoms with Crippen molar-refractivity contribution < 1.29 is 0 Å². The number of piperidine rings is 1. The van der Waals surface area contributed by atoms with Gasteiger partial charge in [0, 0.05) is 18.9 Å². The van der Waals surface area contributed by atoms with E-state index in [1.54, 1.807) is 0 Å². The summed E-state index contributed by atoms with van der Waals surface area (Å²) in [6, 6.07) is 0.290. The number of nitrogens with one attached hydrogen (secondary N) is 1. The lowest BCUT2D eigenvalue weighted by Crippen LogP contribution is -2.34. The van der Waals surface area contributed by atoms with Crippen molar-refractivity contribution in [2.45, 2.75) is 71.4 Å². The molecule has 0 aromatic carbocycles. The zero-order valence-electron chi connectivity index (χ0n) is 15.5. The van der Waals surface area contributed by atoms with Crippen LogP contribution >= 0.6 is 0 Å². The molecule has 0 amide bonds. The molecule has 3 heterocycles. The van der Waals surface area contributed by atoms with Gasteiger partial charge in [0.25, 0.3) is 0 Å². The maximum atomic E-state index is 4.73. The molecule has 0 spiro atoms. The Kier molecular flexibility index (Phi) is 4.99. The molecule has 132 valence electrons. The van der Waals surface area contributed by atoms with Crippen LogP contribution in [0.15, 0.2) is 0 Å². The normalized spacial score (nSPS) is 19.5. The highest BCUT2D eigenvalue weighted by Crippen LogP contribution is 2.30. The van der Waals surface area contributed by atoms with E-state index in [4.69, 9.17) is 4.98 Å². The van der Waals surface area contributed by atoms with Crippen LogP contribution in [0.5, 0.6) is 0 Å². The van der Waals surface area contributed by atoms with Crippen LogP contribution < -0.4 is 0 Å². The predicted octanol–water partition coefficient (Wildman–Crippen LogP) is 2.91. The molecular formula is C17H29N7. The average Bonchev–Trinajstić information content (AvgIpc) is 3.16. The van der Waals surface area contributed by atoms with Crippen LogP contribution in [0.1, 0.15) is 88.1 Å². The summed E-state index contributed by atoms with van der Waals surface area (Å²) in [4.78, 5) is 7.19. The van der Waals surface area contributed by atoms with E-state index < -0.39 is 0 Å². The van der Waals surface area contributed by atoms with Gasteiger partial charge in [-0.05, 0) is 19.4 Å². The van der Waals surface area contributed by atoms with E-state index >= 15 is 0 Å².